The smallest absolute Gasteiger partial charge is 0.218 e. The Morgan fingerprint density at radius 1 is 1.42 bits per heavy atom. The van der Waals surface area contributed by atoms with Crippen molar-refractivity contribution in [3.63, 3.8) is 0 Å². The van der Waals surface area contributed by atoms with Crippen LogP contribution in [0, 0.1) is 5.92 Å². The maximum atomic E-state index is 5.76. The lowest BCUT2D eigenvalue weighted by molar-refractivity contribution is 0.229. The number of pyridine rings is 1. The third-order valence-corrected chi connectivity index (χ3v) is 3.94. The Morgan fingerprint density at radius 2 is 2.26 bits per heavy atom. The standard InChI is InChI=1S/C16H26N2O/c1-4-13-7-5-9-15(13)18-11-14-8-6-10-17-16(14)19-12(2)3/h6,8,10,12-13,15,18H,4-5,7,9,11H2,1-3H3. The lowest BCUT2D eigenvalue weighted by Crippen LogP contribution is -2.31. The molecule has 1 aliphatic carbocycles. The van der Waals surface area contributed by atoms with E-state index in [4.69, 9.17) is 4.74 Å². The summed E-state index contributed by atoms with van der Waals surface area (Å²) in [6, 6.07) is 4.75. The topological polar surface area (TPSA) is 34.2 Å². The van der Waals surface area contributed by atoms with Gasteiger partial charge in [-0.25, -0.2) is 4.98 Å². The van der Waals surface area contributed by atoms with Crippen LogP contribution in [-0.4, -0.2) is 17.1 Å². The molecule has 3 heteroatoms. The minimum atomic E-state index is 0.170. The van der Waals surface area contributed by atoms with Gasteiger partial charge in [0.25, 0.3) is 0 Å². The Labute approximate surface area is 116 Å². The second-order valence-electron chi connectivity index (χ2n) is 5.72. The summed E-state index contributed by atoms with van der Waals surface area (Å²) in [5.74, 6) is 1.61. The molecule has 0 bridgehead atoms. The van der Waals surface area contributed by atoms with Gasteiger partial charge in [0.05, 0.1) is 6.10 Å². The van der Waals surface area contributed by atoms with Crippen molar-refractivity contribution >= 4 is 0 Å². The number of aromatic nitrogens is 1. The van der Waals surface area contributed by atoms with E-state index in [1.54, 1.807) is 6.20 Å². The SMILES string of the molecule is CCC1CCCC1NCc1cccnc1OC(C)C. The average Bonchev–Trinajstić information content (AvgIpc) is 2.84. The van der Waals surface area contributed by atoms with Crippen molar-refractivity contribution in [2.45, 2.75) is 65.1 Å². The summed E-state index contributed by atoms with van der Waals surface area (Å²) in [5.41, 5.74) is 1.16. The molecule has 2 unspecified atom stereocenters. The van der Waals surface area contributed by atoms with Gasteiger partial charge in [-0.05, 0) is 38.7 Å². The Morgan fingerprint density at radius 3 is 3.00 bits per heavy atom. The van der Waals surface area contributed by atoms with Crippen LogP contribution in [0.3, 0.4) is 0 Å². The van der Waals surface area contributed by atoms with Crippen LogP contribution in [-0.2, 0) is 6.54 Å². The number of ether oxygens (including phenoxy) is 1. The molecule has 3 nitrogen and oxygen atoms in total. The van der Waals surface area contributed by atoms with Gasteiger partial charge in [-0.2, -0.15) is 0 Å². The fourth-order valence-electron chi connectivity index (χ4n) is 2.92. The molecular formula is C16H26N2O. The average molecular weight is 262 g/mol. The van der Waals surface area contributed by atoms with Crippen LogP contribution < -0.4 is 10.1 Å². The Hall–Kier alpha value is -1.09. The monoisotopic (exact) mass is 262 g/mol. The predicted molar refractivity (Wildman–Crippen MR) is 78.3 cm³/mol. The van der Waals surface area contributed by atoms with E-state index in [1.165, 1.54) is 25.7 Å². The Bertz CT molecular complexity index is 392. The van der Waals surface area contributed by atoms with Crippen LogP contribution in [0.4, 0.5) is 0 Å². The molecule has 0 aromatic carbocycles. The normalized spacial score (nSPS) is 22.9. The molecule has 1 aromatic heterocycles. The van der Waals surface area contributed by atoms with E-state index in [9.17, 15) is 0 Å². The third-order valence-electron chi connectivity index (χ3n) is 3.94. The second kappa shape index (κ2) is 6.90. The molecule has 0 saturated heterocycles. The first-order chi connectivity index (χ1) is 9.20. The van der Waals surface area contributed by atoms with Gasteiger partial charge in [-0.3, -0.25) is 0 Å². The largest absolute Gasteiger partial charge is 0.475 e. The van der Waals surface area contributed by atoms with E-state index in [1.807, 2.05) is 19.9 Å². The van der Waals surface area contributed by atoms with E-state index in [0.717, 1.165) is 23.9 Å². The molecule has 106 valence electrons. The fourth-order valence-corrected chi connectivity index (χ4v) is 2.92. The minimum absolute atomic E-state index is 0.170. The van der Waals surface area contributed by atoms with Gasteiger partial charge in [0, 0.05) is 24.3 Å². The lowest BCUT2D eigenvalue weighted by Gasteiger charge is -2.20. The van der Waals surface area contributed by atoms with Crippen molar-refractivity contribution in [1.29, 1.82) is 0 Å². The van der Waals surface area contributed by atoms with Crippen molar-refractivity contribution < 1.29 is 4.74 Å². The molecular weight excluding hydrogens is 236 g/mol. The second-order valence-corrected chi connectivity index (χ2v) is 5.72. The molecule has 19 heavy (non-hydrogen) atoms. The van der Waals surface area contributed by atoms with Crippen molar-refractivity contribution in [3.8, 4) is 5.88 Å². The number of rotatable bonds is 6. The molecule has 1 aliphatic rings. The molecule has 1 aromatic rings. The summed E-state index contributed by atoms with van der Waals surface area (Å²) in [7, 11) is 0. The number of nitrogens with one attached hydrogen (secondary N) is 1. The molecule has 1 heterocycles. The number of hydrogen-bond acceptors (Lipinski definition) is 3. The van der Waals surface area contributed by atoms with Gasteiger partial charge >= 0.3 is 0 Å². The quantitative estimate of drug-likeness (QED) is 0.851. The van der Waals surface area contributed by atoms with Crippen molar-refractivity contribution in [2.75, 3.05) is 0 Å². The first-order valence-electron chi connectivity index (χ1n) is 7.54. The van der Waals surface area contributed by atoms with E-state index >= 15 is 0 Å². The summed E-state index contributed by atoms with van der Waals surface area (Å²) in [5, 5.41) is 3.69. The first kappa shape index (κ1) is 14.3. The zero-order valence-electron chi connectivity index (χ0n) is 12.4. The van der Waals surface area contributed by atoms with Crippen LogP contribution in [0.15, 0.2) is 18.3 Å². The number of hydrogen-bond donors (Lipinski definition) is 1. The highest BCUT2D eigenvalue weighted by Crippen LogP contribution is 2.28. The molecule has 2 atom stereocenters. The van der Waals surface area contributed by atoms with Crippen molar-refractivity contribution in [1.82, 2.24) is 10.3 Å². The van der Waals surface area contributed by atoms with Gasteiger partial charge in [-0.1, -0.05) is 25.8 Å². The summed E-state index contributed by atoms with van der Waals surface area (Å²) in [6.07, 6.45) is 7.28. The minimum Gasteiger partial charge on any atom is -0.475 e. The molecule has 1 N–H and O–H groups in total. The van der Waals surface area contributed by atoms with Crippen LogP contribution in [0.1, 0.15) is 52.0 Å². The van der Waals surface area contributed by atoms with Crippen LogP contribution in [0.25, 0.3) is 0 Å². The molecule has 2 rings (SSSR count). The summed E-state index contributed by atoms with van der Waals surface area (Å²) in [4.78, 5) is 4.34. The van der Waals surface area contributed by atoms with Gasteiger partial charge in [0.15, 0.2) is 0 Å². The third kappa shape index (κ3) is 3.93. The molecule has 0 radical (unpaired) electrons. The highest BCUT2D eigenvalue weighted by atomic mass is 16.5. The van der Waals surface area contributed by atoms with E-state index in [2.05, 4.69) is 23.3 Å². The molecule has 0 spiro atoms. The van der Waals surface area contributed by atoms with Crippen LogP contribution in [0.2, 0.25) is 0 Å². The Kier molecular flexibility index (Phi) is 5.20. The summed E-state index contributed by atoms with van der Waals surface area (Å²) in [6.45, 7) is 7.23. The van der Waals surface area contributed by atoms with Gasteiger partial charge in [0.2, 0.25) is 5.88 Å². The highest BCUT2D eigenvalue weighted by molar-refractivity contribution is 5.25. The van der Waals surface area contributed by atoms with Crippen molar-refractivity contribution in [2.24, 2.45) is 5.92 Å². The van der Waals surface area contributed by atoms with E-state index < -0.39 is 0 Å². The zero-order valence-corrected chi connectivity index (χ0v) is 12.4. The lowest BCUT2D eigenvalue weighted by atomic mass is 10.0. The summed E-state index contributed by atoms with van der Waals surface area (Å²) >= 11 is 0. The van der Waals surface area contributed by atoms with E-state index in [0.29, 0.717) is 6.04 Å². The Balaban J connectivity index is 1.95. The van der Waals surface area contributed by atoms with Crippen LogP contribution in [0.5, 0.6) is 5.88 Å². The highest BCUT2D eigenvalue weighted by Gasteiger charge is 2.25. The maximum absolute atomic E-state index is 5.76. The zero-order chi connectivity index (χ0) is 13.7. The maximum Gasteiger partial charge on any atom is 0.218 e. The number of nitrogens with zero attached hydrogens (tertiary/aromatic N) is 1. The molecule has 1 saturated carbocycles. The predicted octanol–water partition coefficient (Wildman–Crippen LogP) is 3.54. The first-order valence-corrected chi connectivity index (χ1v) is 7.54. The molecule has 0 aliphatic heterocycles. The van der Waals surface area contributed by atoms with Gasteiger partial charge in [-0.15, -0.1) is 0 Å². The van der Waals surface area contributed by atoms with Gasteiger partial charge < -0.3 is 10.1 Å². The molecule has 0 amide bonds. The molecule has 1 fully saturated rings. The van der Waals surface area contributed by atoms with Gasteiger partial charge in [0.1, 0.15) is 0 Å². The van der Waals surface area contributed by atoms with E-state index in [-0.39, 0.29) is 6.10 Å². The summed E-state index contributed by atoms with van der Waals surface area (Å²) < 4.78 is 5.76. The van der Waals surface area contributed by atoms with Crippen LogP contribution >= 0.6 is 0 Å². The fraction of sp³-hybridized carbons (Fsp3) is 0.688. The van der Waals surface area contributed by atoms with Crippen molar-refractivity contribution in [3.05, 3.63) is 23.9 Å².